The summed E-state index contributed by atoms with van der Waals surface area (Å²) in [4.78, 5) is 62.2. The zero-order chi connectivity index (χ0) is 24.5. The van der Waals surface area contributed by atoms with Gasteiger partial charge in [-0.2, -0.15) is 0 Å². The summed E-state index contributed by atoms with van der Waals surface area (Å²) in [5, 5.41) is 21.2. The van der Waals surface area contributed by atoms with E-state index >= 15 is 0 Å². The Labute approximate surface area is 191 Å². The first-order chi connectivity index (χ1) is 15.6. The van der Waals surface area contributed by atoms with E-state index in [2.05, 4.69) is 5.32 Å². The lowest BCUT2D eigenvalue weighted by molar-refractivity contribution is -0.152. The van der Waals surface area contributed by atoms with Crippen LogP contribution in [0.4, 0.5) is 0 Å². The molecule has 3 N–H and O–H groups in total. The Kier molecular flexibility index (Phi) is 9.29. The number of carboxylic acid groups (broad SMARTS) is 2. The van der Waals surface area contributed by atoms with Crippen molar-refractivity contribution in [2.24, 2.45) is 0 Å². The second-order valence-corrected chi connectivity index (χ2v) is 7.92. The normalized spacial score (nSPS) is 14.9. The van der Waals surface area contributed by atoms with Crippen LogP contribution in [0.3, 0.4) is 0 Å². The quantitative estimate of drug-likeness (QED) is 0.292. The summed E-state index contributed by atoms with van der Waals surface area (Å²) in [6, 6.07) is 5.81. The monoisotopic (exact) mass is 459 g/mol. The highest BCUT2D eigenvalue weighted by Gasteiger charge is 2.39. The molecule has 0 saturated carbocycles. The number of nitrogens with one attached hydrogen (secondary N) is 1. The van der Waals surface area contributed by atoms with Crippen molar-refractivity contribution < 1.29 is 34.2 Å². The number of benzene rings is 1. The average molecular weight is 459 g/mol. The van der Waals surface area contributed by atoms with Gasteiger partial charge in [-0.1, -0.05) is 24.3 Å². The molecule has 0 aromatic heterocycles. The van der Waals surface area contributed by atoms with Crippen LogP contribution in [0, 0.1) is 0 Å². The summed E-state index contributed by atoms with van der Waals surface area (Å²) in [6.07, 6.45) is 3.27. The zero-order valence-electron chi connectivity index (χ0n) is 18.7. The predicted octanol–water partition coefficient (Wildman–Crippen LogP) is 0.971. The summed E-state index contributed by atoms with van der Waals surface area (Å²) in [5.74, 6) is -4.28. The van der Waals surface area contributed by atoms with Gasteiger partial charge >= 0.3 is 11.9 Å². The molecular weight excluding hydrogens is 430 g/mol. The van der Waals surface area contributed by atoms with E-state index in [1.54, 1.807) is 24.3 Å². The molecule has 10 nitrogen and oxygen atoms in total. The van der Waals surface area contributed by atoms with Gasteiger partial charge in [0.05, 0.1) is 0 Å². The summed E-state index contributed by atoms with van der Waals surface area (Å²) >= 11 is 0. The van der Waals surface area contributed by atoms with E-state index in [0.717, 1.165) is 33.9 Å². The summed E-state index contributed by atoms with van der Waals surface area (Å²) in [7, 11) is 1.85. The smallest absolute Gasteiger partial charge is 0.323 e. The highest BCUT2D eigenvalue weighted by atomic mass is 16.4. The minimum absolute atomic E-state index is 0.0175. The van der Waals surface area contributed by atoms with Crippen molar-refractivity contribution in [3.05, 3.63) is 47.5 Å². The Balaban J connectivity index is 2.33. The highest BCUT2D eigenvalue weighted by Crippen LogP contribution is 2.27. The van der Waals surface area contributed by atoms with Crippen LogP contribution >= 0.6 is 0 Å². The van der Waals surface area contributed by atoms with E-state index in [-0.39, 0.29) is 31.8 Å². The van der Waals surface area contributed by atoms with Crippen molar-refractivity contribution in [3.63, 3.8) is 0 Å². The summed E-state index contributed by atoms with van der Waals surface area (Å²) < 4.78 is 0. The molecule has 0 saturated heterocycles. The van der Waals surface area contributed by atoms with Gasteiger partial charge in [-0.15, -0.1) is 0 Å². The Morgan fingerprint density at radius 3 is 2.12 bits per heavy atom. The number of carboxylic acids is 2. The van der Waals surface area contributed by atoms with Crippen molar-refractivity contribution in [3.8, 4) is 0 Å². The van der Waals surface area contributed by atoms with Crippen molar-refractivity contribution in [2.75, 3.05) is 20.1 Å². The SMILES string of the molecule is CNC(C)Cc1ccc(C(C(=O)N(CCCCC(=O)O)CC(=O)O)N2C(=O)C=CC2=O)cc1. The first kappa shape index (κ1) is 25.7. The number of likely N-dealkylation sites (N-methyl/N-ethyl adjacent to an activating group) is 1. The van der Waals surface area contributed by atoms with E-state index in [4.69, 9.17) is 5.11 Å². The molecule has 3 amide bonds. The van der Waals surface area contributed by atoms with Crippen molar-refractivity contribution in [1.82, 2.24) is 15.1 Å². The van der Waals surface area contributed by atoms with Gasteiger partial charge in [-0.25, -0.2) is 0 Å². The van der Waals surface area contributed by atoms with Crippen molar-refractivity contribution in [1.29, 1.82) is 0 Å². The lowest BCUT2D eigenvalue weighted by atomic mass is 9.99. The fraction of sp³-hybridized carbons (Fsp3) is 0.435. The molecule has 0 fully saturated rings. The van der Waals surface area contributed by atoms with Crippen LogP contribution in [0.25, 0.3) is 0 Å². The lowest BCUT2D eigenvalue weighted by Gasteiger charge is -2.31. The van der Waals surface area contributed by atoms with Crippen molar-refractivity contribution >= 4 is 29.7 Å². The maximum Gasteiger partial charge on any atom is 0.323 e. The molecule has 2 rings (SSSR count). The van der Waals surface area contributed by atoms with Crippen LogP contribution in [0.2, 0.25) is 0 Å². The number of hydrogen-bond acceptors (Lipinski definition) is 6. The summed E-state index contributed by atoms with van der Waals surface area (Å²) in [6.45, 7) is 1.36. The first-order valence-electron chi connectivity index (χ1n) is 10.7. The average Bonchev–Trinajstić information content (AvgIpc) is 3.09. The first-order valence-corrected chi connectivity index (χ1v) is 10.7. The Bertz CT molecular complexity index is 908. The van der Waals surface area contributed by atoms with Crippen LogP contribution in [0.15, 0.2) is 36.4 Å². The van der Waals surface area contributed by atoms with Crippen LogP contribution in [-0.4, -0.2) is 75.9 Å². The van der Waals surface area contributed by atoms with Crippen LogP contribution in [-0.2, 0) is 30.4 Å². The number of imide groups is 1. The van der Waals surface area contributed by atoms with Gasteiger partial charge in [0.15, 0.2) is 0 Å². The van der Waals surface area contributed by atoms with E-state index in [0.29, 0.717) is 5.56 Å². The van der Waals surface area contributed by atoms with Gasteiger partial charge in [0, 0.05) is 31.2 Å². The van der Waals surface area contributed by atoms with Crippen LogP contribution < -0.4 is 5.32 Å². The Morgan fingerprint density at radius 2 is 1.61 bits per heavy atom. The number of aliphatic carboxylic acids is 2. The molecule has 0 spiro atoms. The molecule has 10 heteroatoms. The van der Waals surface area contributed by atoms with Crippen LogP contribution in [0.1, 0.15) is 43.4 Å². The molecule has 178 valence electrons. The molecule has 0 aliphatic carbocycles. The number of hydrogen-bond donors (Lipinski definition) is 3. The molecule has 0 radical (unpaired) electrons. The maximum absolute atomic E-state index is 13.5. The van der Waals surface area contributed by atoms with Gasteiger partial charge in [0.2, 0.25) is 0 Å². The van der Waals surface area contributed by atoms with Crippen molar-refractivity contribution in [2.45, 2.75) is 44.7 Å². The summed E-state index contributed by atoms with van der Waals surface area (Å²) in [5.41, 5.74) is 1.37. The Hall–Kier alpha value is -3.53. The molecule has 1 aliphatic rings. The fourth-order valence-electron chi connectivity index (χ4n) is 3.54. The molecule has 1 aliphatic heterocycles. The third-order valence-corrected chi connectivity index (χ3v) is 5.37. The van der Waals surface area contributed by atoms with E-state index in [9.17, 15) is 29.1 Å². The molecule has 1 aromatic carbocycles. The molecule has 2 unspecified atom stereocenters. The Morgan fingerprint density at radius 1 is 1.00 bits per heavy atom. The minimum Gasteiger partial charge on any atom is -0.481 e. The molecular formula is C23H29N3O7. The standard InChI is InChI=1S/C23H29N3O7/c1-15(24-2)13-16-6-8-17(9-7-16)22(26-18(27)10-11-19(26)28)23(33)25(14-21(31)32)12-4-3-5-20(29)30/h6-11,15,22,24H,3-5,12-14H2,1-2H3,(H,29,30)(H,31,32). The minimum atomic E-state index is -1.32. The van der Waals surface area contributed by atoms with E-state index < -0.39 is 42.2 Å². The topological polar surface area (TPSA) is 144 Å². The van der Waals surface area contributed by atoms with Gasteiger partial charge in [-0.3, -0.25) is 28.9 Å². The number of nitrogens with zero attached hydrogens (tertiary/aromatic N) is 2. The maximum atomic E-state index is 13.5. The number of amides is 3. The second kappa shape index (κ2) is 11.9. The third kappa shape index (κ3) is 7.25. The molecule has 2 atom stereocenters. The molecule has 0 bridgehead atoms. The van der Waals surface area contributed by atoms with E-state index in [1.807, 2.05) is 14.0 Å². The highest BCUT2D eigenvalue weighted by molar-refractivity contribution is 6.15. The number of rotatable bonds is 13. The molecule has 33 heavy (non-hydrogen) atoms. The largest absolute Gasteiger partial charge is 0.481 e. The second-order valence-electron chi connectivity index (χ2n) is 7.92. The lowest BCUT2D eigenvalue weighted by Crippen LogP contribution is -2.47. The zero-order valence-corrected chi connectivity index (χ0v) is 18.7. The molecule has 1 heterocycles. The van der Waals surface area contributed by atoms with Gasteiger partial charge < -0.3 is 20.4 Å². The number of carbonyl (C=O) groups is 5. The number of unbranched alkanes of at least 4 members (excludes halogenated alkanes) is 1. The van der Waals surface area contributed by atoms with E-state index in [1.165, 1.54) is 0 Å². The number of carbonyl (C=O) groups excluding carboxylic acids is 3. The van der Waals surface area contributed by atoms with Gasteiger partial charge in [-0.05, 0) is 44.4 Å². The van der Waals surface area contributed by atoms with Gasteiger partial charge in [0.25, 0.3) is 17.7 Å². The third-order valence-electron chi connectivity index (χ3n) is 5.37. The predicted molar refractivity (Wildman–Crippen MR) is 118 cm³/mol. The fourth-order valence-corrected chi connectivity index (χ4v) is 3.54. The van der Waals surface area contributed by atoms with Crippen LogP contribution in [0.5, 0.6) is 0 Å². The van der Waals surface area contributed by atoms with Gasteiger partial charge in [0.1, 0.15) is 12.6 Å². The molecule has 1 aromatic rings.